The van der Waals surface area contributed by atoms with Crippen molar-refractivity contribution in [3.63, 3.8) is 0 Å². The lowest BCUT2D eigenvalue weighted by molar-refractivity contribution is -0.161. The molecule has 63 heavy (non-hydrogen) atoms. The Kier molecular flexibility index (Phi) is 47.8. The van der Waals surface area contributed by atoms with E-state index in [1.165, 1.54) is 135 Å². The minimum absolute atomic E-state index is 0.0512. The van der Waals surface area contributed by atoms with Crippen molar-refractivity contribution in [3.05, 3.63) is 48.6 Å². The van der Waals surface area contributed by atoms with E-state index in [-0.39, 0.29) is 32.6 Å². The second kappa shape index (κ2) is 49.4. The van der Waals surface area contributed by atoms with Crippen molar-refractivity contribution in [1.82, 2.24) is 0 Å². The first kappa shape index (κ1) is 61.0. The minimum Gasteiger partial charge on any atom is -0.462 e. The molecule has 0 saturated carbocycles. The zero-order chi connectivity index (χ0) is 46.0. The average Bonchev–Trinajstić information content (AvgIpc) is 3.27. The Bertz CT molecular complexity index is 1170. The van der Waals surface area contributed by atoms with Crippen LogP contribution in [-0.2, 0) is 32.7 Å². The summed E-state index contributed by atoms with van der Waals surface area (Å²) in [6, 6.07) is 0. The van der Waals surface area contributed by atoms with Gasteiger partial charge in [-0.1, -0.05) is 210 Å². The largest absolute Gasteiger partial charge is 0.472 e. The van der Waals surface area contributed by atoms with Gasteiger partial charge in [-0.15, -0.1) is 0 Å². The second-order valence-corrected chi connectivity index (χ2v) is 18.8. The first-order valence-electron chi connectivity index (χ1n) is 26.1. The number of ether oxygens (including phenoxy) is 2. The fourth-order valence-corrected chi connectivity index (χ4v) is 8.06. The fraction of sp³-hybridized carbons (Fsp3) is 0.811. The number of allylic oxidation sites excluding steroid dienone is 8. The SMILES string of the molecule is CCC/C=C\C/C=C\CCCCCCCC(=O)OCC(COP(=O)(O)OCCN)OC(=O)CCCCCCCCCCCCCCCCCCC/C=C\C/C=C\CCCCCCC. The highest BCUT2D eigenvalue weighted by Gasteiger charge is 2.26. The Balaban J connectivity index is 3.93. The van der Waals surface area contributed by atoms with Gasteiger partial charge in [0.2, 0.25) is 0 Å². The summed E-state index contributed by atoms with van der Waals surface area (Å²) in [5, 5.41) is 0. The Morgan fingerprint density at radius 2 is 0.857 bits per heavy atom. The maximum atomic E-state index is 12.6. The lowest BCUT2D eigenvalue weighted by Crippen LogP contribution is -2.29. The number of phosphoric ester groups is 1. The van der Waals surface area contributed by atoms with Gasteiger partial charge in [0.1, 0.15) is 6.61 Å². The molecule has 0 spiro atoms. The quantitative estimate of drug-likeness (QED) is 0.0265. The van der Waals surface area contributed by atoms with Gasteiger partial charge in [-0.2, -0.15) is 0 Å². The average molecular weight is 908 g/mol. The zero-order valence-corrected chi connectivity index (χ0v) is 41.7. The summed E-state index contributed by atoms with van der Waals surface area (Å²) in [6.45, 7) is 3.66. The molecule has 3 N–H and O–H groups in total. The molecule has 0 rings (SSSR count). The number of phosphoric acid groups is 1. The van der Waals surface area contributed by atoms with Crippen LogP contribution in [0, 0.1) is 0 Å². The Morgan fingerprint density at radius 3 is 1.27 bits per heavy atom. The van der Waals surface area contributed by atoms with E-state index in [0.29, 0.717) is 12.8 Å². The standard InChI is InChI=1S/C53H98NO8P/c1-3-5-7-9-11-13-15-17-18-19-20-21-22-23-24-25-26-27-28-29-30-31-32-34-36-38-40-42-44-46-53(56)62-51(50-61-63(57,58)60-48-47-54)49-59-52(55)45-43-41-39-37-35-33-16-14-12-10-8-6-4-2/h8,10,14-17,19-20,51H,3-7,9,11-13,18,21-50,54H2,1-2H3,(H,57,58)/b10-8-,16-14-,17-15-,20-19-. The second-order valence-electron chi connectivity index (χ2n) is 17.4. The molecule has 0 amide bonds. The summed E-state index contributed by atoms with van der Waals surface area (Å²) in [4.78, 5) is 35.0. The lowest BCUT2D eigenvalue weighted by atomic mass is 10.0. The molecule has 0 aliphatic rings. The molecule has 2 unspecified atom stereocenters. The van der Waals surface area contributed by atoms with E-state index in [1.54, 1.807) is 0 Å². The maximum Gasteiger partial charge on any atom is 0.472 e. The van der Waals surface area contributed by atoms with Crippen molar-refractivity contribution < 1.29 is 37.6 Å². The number of nitrogens with two attached hydrogens (primary N) is 1. The summed E-state index contributed by atoms with van der Waals surface area (Å²) in [6.07, 6.45) is 58.8. The van der Waals surface area contributed by atoms with Gasteiger partial charge in [0.15, 0.2) is 6.10 Å². The van der Waals surface area contributed by atoms with Crippen molar-refractivity contribution in [2.24, 2.45) is 5.73 Å². The van der Waals surface area contributed by atoms with Crippen LogP contribution in [-0.4, -0.2) is 49.3 Å². The number of unbranched alkanes of at least 4 members (excludes halogenated alkanes) is 28. The summed E-state index contributed by atoms with van der Waals surface area (Å²) >= 11 is 0. The van der Waals surface area contributed by atoms with E-state index < -0.39 is 32.5 Å². The number of esters is 2. The molecule has 0 aliphatic heterocycles. The molecular weight excluding hydrogens is 810 g/mol. The molecule has 0 radical (unpaired) electrons. The van der Waals surface area contributed by atoms with Gasteiger partial charge in [0.25, 0.3) is 0 Å². The zero-order valence-electron chi connectivity index (χ0n) is 40.8. The first-order valence-corrected chi connectivity index (χ1v) is 27.6. The molecule has 0 aromatic heterocycles. The van der Waals surface area contributed by atoms with Crippen LogP contribution >= 0.6 is 7.82 Å². The molecule has 0 bridgehead atoms. The van der Waals surface area contributed by atoms with Gasteiger partial charge < -0.3 is 20.1 Å². The Morgan fingerprint density at radius 1 is 0.476 bits per heavy atom. The van der Waals surface area contributed by atoms with Crippen LogP contribution in [0.5, 0.6) is 0 Å². The molecule has 0 aromatic carbocycles. The third-order valence-corrected chi connectivity index (χ3v) is 12.2. The number of carbonyl (C=O) groups excluding carboxylic acids is 2. The number of hydrogen-bond acceptors (Lipinski definition) is 8. The van der Waals surface area contributed by atoms with Gasteiger partial charge >= 0.3 is 19.8 Å². The van der Waals surface area contributed by atoms with Crippen LogP contribution in [0.4, 0.5) is 0 Å². The van der Waals surface area contributed by atoms with Crippen LogP contribution in [0.15, 0.2) is 48.6 Å². The van der Waals surface area contributed by atoms with Gasteiger partial charge in [-0.3, -0.25) is 18.6 Å². The molecule has 9 nitrogen and oxygen atoms in total. The van der Waals surface area contributed by atoms with Crippen molar-refractivity contribution in [1.29, 1.82) is 0 Å². The molecule has 0 aliphatic carbocycles. The van der Waals surface area contributed by atoms with Crippen LogP contribution in [0.3, 0.4) is 0 Å². The first-order chi connectivity index (χ1) is 30.8. The molecule has 0 fully saturated rings. The third-order valence-electron chi connectivity index (χ3n) is 11.2. The van der Waals surface area contributed by atoms with E-state index in [2.05, 4.69) is 62.5 Å². The molecule has 10 heteroatoms. The smallest absolute Gasteiger partial charge is 0.462 e. The van der Waals surface area contributed by atoms with Crippen LogP contribution in [0.25, 0.3) is 0 Å². The van der Waals surface area contributed by atoms with E-state index >= 15 is 0 Å². The number of hydrogen-bond donors (Lipinski definition) is 2. The summed E-state index contributed by atoms with van der Waals surface area (Å²) in [5.41, 5.74) is 5.36. The van der Waals surface area contributed by atoms with Crippen molar-refractivity contribution >= 4 is 19.8 Å². The topological polar surface area (TPSA) is 134 Å². The van der Waals surface area contributed by atoms with Crippen LogP contribution in [0.1, 0.15) is 245 Å². The number of carbonyl (C=O) groups is 2. The van der Waals surface area contributed by atoms with Crippen LogP contribution in [0.2, 0.25) is 0 Å². The van der Waals surface area contributed by atoms with Crippen LogP contribution < -0.4 is 5.73 Å². The molecular formula is C53H98NO8P. The highest BCUT2D eigenvalue weighted by atomic mass is 31.2. The van der Waals surface area contributed by atoms with Gasteiger partial charge in [0, 0.05) is 19.4 Å². The summed E-state index contributed by atoms with van der Waals surface area (Å²) < 4.78 is 32.9. The van der Waals surface area contributed by atoms with Crippen molar-refractivity contribution in [2.45, 2.75) is 251 Å². The molecule has 0 heterocycles. The molecule has 2 atom stereocenters. The predicted octanol–water partition coefficient (Wildman–Crippen LogP) is 15.8. The van der Waals surface area contributed by atoms with Crippen molar-refractivity contribution in [3.8, 4) is 0 Å². The monoisotopic (exact) mass is 908 g/mol. The number of rotatable bonds is 49. The Labute approximate surface area is 387 Å². The van der Waals surface area contributed by atoms with Gasteiger partial charge in [-0.05, 0) is 70.6 Å². The Hall–Kier alpha value is -2.03. The molecule has 0 aromatic rings. The normalized spacial score (nSPS) is 13.5. The summed E-state index contributed by atoms with van der Waals surface area (Å²) in [7, 11) is -4.38. The minimum atomic E-state index is -4.38. The maximum absolute atomic E-state index is 12.6. The van der Waals surface area contributed by atoms with E-state index in [1.807, 2.05) is 0 Å². The predicted molar refractivity (Wildman–Crippen MR) is 266 cm³/mol. The lowest BCUT2D eigenvalue weighted by Gasteiger charge is -2.19. The van der Waals surface area contributed by atoms with E-state index in [9.17, 15) is 19.0 Å². The summed E-state index contributed by atoms with van der Waals surface area (Å²) in [5.74, 6) is -0.839. The molecule has 368 valence electrons. The molecule has 0 saturated heterocycles. The van der Waals surface area contributed by atoms with E-state index in [4.69, 9.17) is 24.3 Å². The third kappa shape index (κ3) is 49.2. The highest BCUT2D eigenvalue weighted by molar-refractivity contribution is 7.47. The fourth-order valence-electron chi connectivity index (χ4n) is 7.29. The van der Waals surface area contributed by atoms with Gasteiger partial charge in [-0.25, -0.2) is 4.57 Å². The highest BCUT2D eigenvalue weighted by Crippen LogP contribution is 2.43. The van der Waals surface area contributed by atoms with Gasteiger partial charge in [0.05, 0.1) is 13.2 Å². The van der Waals surface area contributed by atoms with Crippen molar-refractivity contribution in [2.75, 3.05) is 26.4 Å². The van der Waals surface area contributed by atoms with E-state index in [0.717, 1.165) is 70.6 Å².